The van der Waals surface area contributed by atoms with Gasteiger partial charge in [-0.05, 0) is 98.9 Å². The molecule has 61 heavy (non-hydrogen) atoms. The maximum absolute atomic E-state index is 14.7. The second-order valence-corrected chi connectivity index (χ2v) is 15.2. The van der Waals surface area contributed by atoms with Crippen LogP contribution in [-0.4, -0.2) is 114 Å². The number of hydrogen-bond donors (Lipinski definition) is 4. The highest BCUT2D eigenvalue weighted by Crippen LogP contribution is 2.62. The Kier molecular flexibility index (Phi) is 17.8. The molecule has 2 aromatic carbocycles. The molecule has 0 saturated heterocycles. The summed E-state index contributed by atoms with van der Waals surface area (Å²) in [5, 5.41) is 47.9. The van der Waals surface area contributed by atoms with Crippen molar-refractivity contribution in [2.75, 3.05) is 59.3 Å². The number of non-ortho nitro benzene ring substituents is 1. The number of rotatable bonds is 24. The van der Waals surface area contributed by atoms with Crippen LogP contribution in [0.25, 0.3) is 6.08 Å². The van der Waals surface area contributed by atoms with E-state index in [1.54, 1.807) is 48.2 Å². The second kappa shape index (κ2) is 23.2. The minimum Gasteiger partial charge on any atom is -0.459 e. The third-order valence-corrected chi connectivity index (χ3v) is 11.4. The summed E-state index contributed by atoms with van der Waals surface area (Å²) in [6.45, 7) is 8.37. The number of carbonyl (C=O) groups is 2. The molecule has 5 rings (SSSR count). The van der Waals surface area contributed by atoms with E-state index in [-0.39, 0.29) is 82.7 Å². The Morgan fingerprint density at radius 3 is 2.48 bits per heavy atom. The van der Waals surface area contributed by atoms with Crippen LogP contribution < -0.4 is 14.8 Å². The molecule has 1 heterocycles. The van der Waals surface area contributed by atoms with Crippen molar-refractivity contribution in [3.8, 4) is 11.5 Å². The summed E-state index contributed by atoms with van der Waals surface area (Å²) in [5.41, 5.74) is 2.73. The number of unbranched alkanes of at least 4 members (excludes halogenated alkanes) is 2. The SMILES string of the molecule is C=CCOC12Oc3ccc(OC(=O)NCC)cc3C3C(CCCCO)C(CCCCO)C=C(C(=NOCC)CC1N(CCOCCO)C(=O)C=Cc1ccc([N+](=O)[O-])cc1)C32. The first kappa shape index (κ1) is 46.9. The summed E-state index contributed by atoms with van der Waals surface area (Å²) in [5.74, 6) is -2.18. The molecule has 16 heteroatoms. The number of carbonyl (C=O) groups excluding carboxylic acids is 2. The zero-order valence-corrected chi connectivity index (χ0v) is 35.1. The Hall–Kier alpha value is -5.13. The smallest absolute Gasteiger partial charge is 0.412 e. The van der Waals surface area contributed by atoms with Crippen molar-refractivity contribution in [1.29, 1.82) is 0 Å². The number of amides is 2. The molecule has 2 aromatic rings. The highest BCUT2D eigenvalue weighted by Gasteiger charge is 2.65. The van der Waals surface area contributed by atoms with Crippen LogP contribution in [0.2, 0.25) is 0 Å². The number of nitro groups is 1. The largest absolute Gasteiger partial charge is 0.459 e. The van der Waals surface area contributed by atoms with Crippen molar-refractivity contribution < 1.29 is 53.6 Å². The Balaban J connectivity index is 1.75. The van der Waals surface area contributed by atoms with Crippen LogP contribution in [0.4, 0.5) is 10.5 Å². The number of allylic oxidation sites excluding steroid dienone is 1. The van der Waals surface area contributed by atoms with Crippen LogP contribution in [0, 0.1) is 27.9 Å². The van der Waals surface area contributed by atoms with Gasteiger partial charge in [0.2, 0.25) is 11.7 Å². The van der Waals surface area contributed by atoms with E-state index in [1.165, 1.54) is 18.2 Å². The molecule has 2 amide bonds. The molecule has 3 aliphatic rings. The summed E-state index contributed by atoms with van der Waals surface area (Å²) in [7, 11) is 0. The Morgan fingerprint density at radius 2 is 1.80 bits per heavy atom. The summed E-state index contributed by atoms with van der Waals surface area (Å²) < 4.78 is 25.6. The van der Waals surface area contributed by atoms with E-state index in [9.17, 15) is 35.0 Å². The maximum Gasteiger partial charge on any atom is 0.412 e. The van der Waals surface area contributed by atoms with Gasteiger partial charge in [0.25, 0.3) is 5.69 Å². The number of ether oxygens (including phenoxy) is 4. The average Bonchev–Trinajstić information content (AvgIpc) is 3.25. The minimum absolute atomic E-state index is 0.00450. The fraction of sp³-hybridized carbons (Fsp3) is 0.533. The lowest BCUT2D eigenvalue weighted by Crippen LogP contribution is -2.70. The lowest BCUT2D eigenvalue weighted by Gasteiger charge is -2.60. The number of aliphatic hydroxyl groups excluding tert-OH is 3. The summed E-state index contributed by atoms with van der Waals surface area (Å²) in [6.07, 6.45) is 10.6. The number of nitrogens with one attached hydrogen (secondary N) is 1. The highest BCUT2D eigenvalue weighted by atomic mass is 16.7. The molecule has 1 saturated carbocycles. The zero-order chi connectivity index (χ0) is 43.8. The van der Waals surface area contributed by atoms with Gasteiger partial charge in [0, 0.05) is 62.4 Å². The lowest BCUT2D eigenvalue weighted by atomic mass is 9.55. The molecule has 0 spiro atoms. The van der Waals surface area contributed by atoms with Gasteiger partial charge in [-0.25, -0.2) is 4.79 Å². The summed E-state index contributed by atoms with van der Waals surface area (Å²) in [4.78, 5) is 45.6. The van der Waals surface area contributed by atoms with Crippen molar-refractivity contribution >= 4 is 29.5 Å². The minimum atomic E-state index is -1.55. The predicted molar refractivity (Wildman–Crippen MR) is 228 cm³/mol. The van der Waals surface area contributed by atoms with Crippen LogP contribution in [0.15, 0.2) is 78.0 Å². The Morgan fingerprint density at radius 1 is 1.05 bits per heavy atom. The molecular weight excluding hydrogens is 789 g/mol. The molecule has 6 unspecified atom stereocenters. The number of oxime groups is 1. The Bertz CT molecular complexity index is 1880. The van der Waals surface area contributed by atoms with Gasteiger partial charge in [-0.3, -0.25) is 14.9 Å². The van der Waals surface area contributed by atoms with E-state index < -0.39 is 34.7 Å². The van der Waals surface area contributed by atoms with Crippen LogP contribution in [0.1, 0.15) is 75.8 Å². The molecule has 0 aromatic heterocycles. The van der Waals surface area contributed by atoms with Gasteiger partial charge in [-0.2, -0.15) is 0 Å². The monoisotopic (exact) mass is 848 g/mol. The van der Waals surface area contributed by atoms with E-state index in [1.807, 2.05) is 13.0 Å². The maximum atomic E-state index is 14.7. The second-order valence-electron chi connectivity index (χ2n) is 15.2. The number of nitro benzene ring substituents is 1. The van der Waals surface area contributed by atoms with Crippen LogP contribution in [0.3, 0.4) is 0 Å². The molecular formula is C45H60N4O12. The van der Waals surface area contributed by atoms with E-state index in [2.05, 4.69) is 18.0 Å². The number of hydrogen-bond acceptors (Lipinski definition) is 13. The van der Waals surface area contributed by atoms with Gasteiger partial charge in [0.05, 0.1) is 43.0 Å². The highest BCUT2D eigenvalue weighted by molar-refractivity contribution is 6.03. The molecule has 1 fully saturated rings. The fourth-order valence-corrected chi connectivity index (χ4v) is 8.86. The van der Waals surface area contributed by atoms with E-state index in [0.29, 0.717) is 48.6 Å². The first-order chi connectivity index (χ1) is 29.7. The molecule has 0 radical (unpaired) electrons. The summed E-state index contributed by atoms with van der Waals surface area (Å²) >= 11 is 0. The van der Waals surface area contributed by atoms with Crippen LogP contribution in [0.5, 0.6) is 11.5 Å². The van der Waals surface area contributed by atoms with Crippen molar-refractivity contribution in [2.24, 2.45) is 22.9 Å². The average molecular weight is 849 g/mol. The van der Waals surface area contributed by atoms with Gasteiger partial charge >= 0.3 is 6.09 Å². The number of benzene rings is 2. The molecule has 4 N–H and O–H groups in total. The molecule has 6 atom stereocenters. The van der Waals surface area contributed by atoms with Crippen LogP contribution in [-0.2, 0) is 19.1 Å². The van der Waals surface area contributed by atoms with E-state index >= 15 is 0 Å². The van der Waals surface area contributed by atoms with E-state index in [0.717, 1.165) is 30.4 Å². The number of nitrogens with zero attached hydrogens (tertiary/aromatic N) is 3. The normalized spacial score (nSPS) is 23.3. The number of aliphatic hydroxyl groups is 3. The number of fused-ring (bicyclic) bond motifs is 2. The molecule has 0 bridgehead atoms. The summed E-state index contributed by atoms with van der Waals surface area (Å²) in [6, 6.07) is 10.2. The van der Waals surface area contributed by atoms with Gasteiger partial charge in [-0.15, -0.1) is 6.58 Å². The van der Waals surface area contributed by atoms with Gasteiger partial charge < -0.3 is 49.3 Å². The zero-order valence-electron chi connectivity index (χ0n) is 35.1. The van der Waals surface area contributed by atoms with Crippen molar-refractivity contribution in [1.82, 2.24) is 10.2 Å². The molecule has 2 aliphatic carbocycles. The first-order valence-electron chi connectivity index (χ1n) is 21.2. The lowest BCUT2D eigenvalue weighted by molar-refractivity contribution is -0.384. The van der Waals surface area contributed by atoms with Gasteiger partial charge in [0.1, 0.15) is 24.1 Å². The topological polar surface area (TPSA) is 212 Å². The molecule has 16 nitrogen and oxygen atoms in total. The predicted octanol–water partition coefficient (Wildman–Crippen LogP) is 5.91. The standard InChI is InChI=1S/C45H60N4O12/c1-4-25-58-45-40(48(21-26-57-27-24-52)41(53)20-15-31-13-16-33(17-14-31)49(55)56)30-38(47-59-6-3)36-28-32(11-7-9-22-50)35(12-8-10-23-51)42(43(36)45)37-29-34(18-19-39(37)61-45)60-44(54)46-5-2/h4,13-20,28-29,32,35,40,42-43,50-52H,1,5-12,21-27,30H2,2-3H3,(H,46,54). The molecule has 1 aliphatic heterocycles. The first-order valence-corrected chi connectivity index (χ1v) is 21.2. The van der Waals surface area contributed by atoms with E-state index in [4.69, 9.17) is 28.9 Å². The third-order valence-electron chi connectivity index (χ3n) is 11.4. The quantitative estimate of drug-likeness (QED) is 0.0320. The third kappa shape index (κ3) is 11.4. The van der Waals surface area contributed by atoms with Crippen LogP contribution >= 0.6 is 0 Å². The Labute approximate surface area is 357 Å². The fourth-order valence-electron chi connectivity index (χ4n) is 8.86. The van der Waals surface area contributed by atoms with Gasteiger partial charge in [0.15, 0.2) is 0 Å². The van der Waals surface area contributed by atoms with Crippen molar-refractivity contribution in [3.63, 3.8) is 0 Å². The van der Waals surface area contributed by atoms with Gasteiger partial charge in [-0.1, -0.05) is 30.1 Å². The van der Waals surface area contributed by atoms with Crippen molar-refractivity contribution in [3.05, 3.63) is 94.1 Å². The molecule has 332 valence electrons. The van der Waals surface area contributed by atoms with Crippen molar-refractivity contribution in [2.45, 2.75) is 76.5 Å².